The predicted octanol–water partition coefficient (Wildman–Crippen LogP) is 3.30. The molecule has 1 aromatic heterocycles. The highest BCUT2D eigenvalue weighted by Gasteiger charge is 2.05. The summed E-state index contributed by atoms with van der Waals surface area (Å²) >= 11 is 0. The Morgan fingerprint density at radius 2 is 1.92 bits per heavy atom. The molecular weight excluding hydrogens is 158 g/mol. The Balaban J connectivity index is 2.77. The van der Waals surface area contributed by atoms with E-state index in [1.807, 2.05) is 0 Å². The van der Waals surface area contributed by atoms with Crippen LogP contribution in [0.4, 0.5) is 0 Å². The summed E-state index contributed by atoms with van der Waals surface area (Å²) in [6.45, 7) is 4.48. The number of nitrogens with zero attached hydrogens (tertiary/aromatic N) is 1. The Hall–Kier alpha value is -1.24. The van der Waals surface area contributed by atoms with Gasteiger partial charge in [0.1, 0.15) is 0 Å². The van der Waals surface area contributed by atoms with Crippen molar-refractivity contribution in [1.82, 2.24) is 4.57 Å². The van der Waals surface area contributed by atoms with Gasteiger partial charge in [-0.2, -0.15) is 0 Å². The largest absolute Gasteiger partial charge is 0.351 e. The van der Waals surface area contributed by atoms with Crippen molar-refractivity contribution in [2.75, 3.05) is 0 Å². The Kier molecular flexibility index (Phi) is 1.87. The fraction of sp³-hybridized carbons (Fsp3) is 0.333. The number of aryl methyl sites for hydroxylation is 1. The van der Waals surface area contributed by atoms with Crippen LogP contribution in [-0.4, -0.2) is 4.57 Å². The van der Waals surface area contributed by atoms with Crippen LogP contribution in [0.25, 0.3) is 10.9 Å². The molecule has 0 saturated carbocycles. The molecular formula is C12H15N. The standard InChI is InChI=1S/C12H15N/c1-9(2)10-5-4-6-12-11(10)7-8-13(12)3/h4-9H,1-3H3. The van der Waals surface area contributed by atoms with Crippen LogP contribution in [0.5, 0.6) is 0 Å². The van der Waals surface area contributed by atoms with Gasteiger partial charge in [0.25, 0.3) is 0 Å². The monoisotopic (exact) mass is 173 g/mol. The summed E-state index contributed by atoms with van der Waals surface area (Å²) < 4.78 is 2.17. The van der Waals surface area contributed by atoms with Gasteiger partial charge in [0.05, 0.1) is 0 Å². The van der Waals surface area contributed by atoms with Gasteiger partial charge >= 0.3 is 0 Å². The van der Waals surface area contributed by atoms with E-state index in [4.69, 9.17) is 0 Å². The number of hydrogen-bond donors (Lipinski definition) is 0. The molecule has 0 amide bonds. The van der Waals surface area contributed by atoms with Gasteiger partial charge in [0.2, 0.25) is 0 Å². The maximum Gasteiger partial charge on any atom is 0.0480 e. The zero-order chi connectivity index (χ0) is 9.42. The van der Waals surface area contributed by atoms with Gasteiger partial charge in [0, 0.05) is 24.1 Å². The fourth-order valence-electron chi connectivity index (χ4n) is 1.83. The number of benzene rings is 1. The molecule has 0 N–H and O–H groups in total. The number of aromatic nitrogens is 1. The highest BCUT2D eigenvalue weighted by molar-refractivity contribution is 5.84. The molecule has 1 heteroatoms. The minimum absolute atomic E-state index is 0.603. The Labute approximate surface area is 79.0 Å². The summed E-state index contributed by atoms with van der Waals surface area (Å²) in [5, 5.41) is 1.39. The average molecular weight is 173 g/mol. The van der Waals surface area contributed by atoms with Crippen LogP contribution in [0.15, 0.2) is 30.5 Å². The molecule has 2 rings (SSSR count). The van der Waals surface area contributed by atoms with Gasteiger partial charge in [-0.1, -0.05) is 26.0 Å². The molecule has 0 aliphatic heterocycles. The average Bonchev–Trinajstić information content (AvgIpc) is 2.48. The summed E-state index contributed by atoms with van der Waals surface area (Å²) in [4.78, 5) is 0. The molecule has 0 unspecified atom stereocenters. The van der Waals surface area contributed by atoms with E-state index in [1.165, 1.54) is 16.5 Å². The zero-order valence-corrected chi connectivity index (χ0v) is 8.41. The first-order valence-corrected chi connectivity index (χ1v) is 4.74. The first kappa shape index (κ1) is 8.36. The lowest BCUT2D eigenvalue weighted by Gasteiger charge is -2.07. The highest BCUT2D eigenvalue weighted by Crippen LogP contribution is 2.25. The second-order valence-electron chi connectivity index (χ2n) is 3.86. The molecule has 1 heterocycles. The van der Waals surface area contributed by atoms with Crippen LogP contribution in [0.3, 0.4) is 0 Å². The van der Waals surface area contributed by atoms with Crippen LogP contribution in [0, 0.1) is 0 Å². The SMILES string of the molecule is CC(C)c1cccc2c1ccn2C. The molecule has 0 radical (unpaired) electrons. The van der Waals surface area contributed by atoms with E-state index in [9.17, 15) is 0 Å². The third-order valence-electron chi connectivity index (χ3n) is 2.58. The molecule has 0 bridgehead atoms. The Bertz CT molecular complexity index is 424. The molecule has 0 saturated heterocycles. The molecule has 0 atom stereocenters. The van der Waals surface area contributed by atoms with Crippen molar-refractivity contribution in [3.8, 4) is 0 Å². The van der Waals surface area contributed by atoms with Crippen LogP contribution in [0.2, 0.25) is 0 Å². The lowest BCUT2D eigenvalue weighted by atomic mass is 9.99. The lowest BCUT2D eigenvalue weighted by Crippen LogP contribution is -1.89. The third kappa shape index (κ3) is 1.24. The molecule has 1 aromatic carbocycles. The molecule has 0 fully saturated rings. The Morgan fingerprint density at radius 1 is 1.15 bits per heavy atom. The van der Waals surface area contributed by atoms with Gasteiger partial charge in [-0.05, 0) is 23.6 Å². The fourth-order valence-corrected chi connectivity index (χ4v) is 1.83. The van der Waals surface area contributed by atoms with Crippen LogP contribution >= 0.6 is 0 Å². The smallest absolute Gasteiger partial charge is 0.0480 e. The summed E-state index contributed by atoms with van der Waals surface area (Å²) in [6.07, 6.45) is 2.12. The molecule has 2 aromatic rings. The van der Waals surface area contributed by atoms with E-state index >= 15 is 0 Å². The van der Waals surface area contributed by atoms with Crippen molar-refractivity contribution in [3.05, 3.63) is 36.0 Å². The van der Waals surface area contributed by atoms with E-state index in [1.54, 1.807) is 0 Å². The normalized spacial score (nSPS) is 11.4. The van der Waals surface area contributed by atoms with Gasteiger partial charge < -0.3 is 4.57 Å². The van der Waals surface area contributed by atoms with Crippen molar-refractivity contribution in [2.45, 2.75) is 19.8 Å². The van der Waals surface area contributed by atoms with Gasteiger partial charge in [-0.25, -0.2) is 0 Å². The summed E-state index contributed by atoms with van der Waals surface area (Å²) in [7, 11) is 2.09. The quantitative estimate of drug-likeness (QED) is 0.623. The molecule has 0 spiro atoms. The van der Waals surface area contributed by atoms with Crippen molar-refractivity contribution in [3.63, 3.8) is 0 Å². The van der Waals surface area contributed by atoms with Crippen molar-refractivity contribution in [1.29, 1.82) is 0 Å². The van der Waals surface area contributed by atoms with Crippen LogP contribution in [-0.2, 0) is 7.05 Å². The first-order valence-electron chi connectivity index (χ1n) is 4.74. The van der Waals surface area contributed by atoms with Crippen LogP contribution in [0.1, 0.15) is 25.3 Å². The van der Waals surface area contributed by atoms with Crippen molar-refractivity contribution in [2.24, 2.45) is 7.05 Å². The van der Waals surface area contributed by atoms with Crippen LogP contribution < -0.4 is 0 Å². The third-order valence-corrected chi connectivity index (χ3v) is 2.58. The lowest BCUT2D eigenvalue weighted by molar-refractivity contribution is 0.876. The molecule has 68 valence electrons. The van der Waals surface area contributed by atoms with E-state index in [-0.39, 0.29) is 0 Å². The van der Waals surface area contributed by atoms with Crippen molar-refractivity contribution >= 4 is 10.9 Å². The van der Waals surface area contributed by atoms with E-state index < -0.39 is 0 Å². The summed E-state index contributed by atoms with van der Waals surface area (Å²) in [5.74, 6) is 0.603. The Morgan fingerprint density at radius 3 is 2.62 bits per heavy atom. The summed E-state index contributed by atoms with van der Waals surface area (Å²) in [5.41, 5.74) is 2.77. The van der Waals surface area contributed by atoms with E-state index in [2.05, 4.69) is 55.9 Å². The molecule has 13 heavy (non-hydrogen) atoms. The predicted molar refractivity (Wildman–Crippen MR) is 57.0 cm³/mol. The van der Waals surface area contributed by atoms with Gasteiger partial charge in [-0.15, -0.1) is 0 Å². The molecule has 1 nitrogen and oxygen atoms in total. The number of hydrogen-bond acceptors (Lipinski definition) is 0. The second kappa shape index (κ2) is 2.91. The zero-order valence-electron chi connectivity index (χ0n) is 8.41. The summed E-state index contributed by atoms with van der Waals surface area (Å²) in [6, 6.07) is 8.72. The first-order chi connectivity index (χ1) is 6.20. The minimum Gasteiger partial charge on any atom is -0.351 e. The van der Waals surface area contributed by atoms with Gasteiger partial charge in [0.15, 0.2) is 0 Å². The van der Waals surface area contributed by atoms with Crippen molar-refractivity contribution < 1.29 is 0 Å². The molecule has 0 aliphatic rings. The maximum absolute atomic E-state index is 2.24. The topological polar surface area (TPSA) is 4.93 Å². The molecule has 0 aliphatic carbocycles. The van der Waals surface area contributed by atoms with E-state index in [0.29, 0.717) is 5.92 Å². The number of fused-ring (bicyclic) bond motifs is 1. The van der Waals surface area contributed by atoms with Gasteiger partial charge in [-0.3, -0.25) is 0 Å². The minimum atomic E-state index is 0.603. The van der Waals surface area contributed by atoms with E-state index in [0.717, 1.165) is 0 Å². The maximum atomic E-state index is 2.24. The second-order valence-corrected chi connectivity index (χ2v) is 3.86. The highest BCUT2D eigenvalue weighted by atomic mass is 14.9. The number of rotatable bonds is 1.